The van der Waals surface area contributed by atoms with Crippen LogP contribution in [-0.2, 0) is 9.59 Å². The summed E-state index contributed by atoms with van der Waals surface area (Å²) in [5, 5.41) is 11.8. The third kappa shape index (κ3) is 3.70. The van der Waals surface area contributed by atoms with Crippen molar-refractivity contribution < 1.29 is 14.7 Å². The molecular weight excluding hydrogens is 232 g/mol. The largest absolute Gasteiger partial charge is 0.481 e. The molecular formula is C13H22N2O3. The molecule has 1 amide bonds. The molecule has 102 valence electrons. The van der Waals surface area contributed by atoms with Crippen molar-refractivity contribution in [1.29, 1.82) is 0 Å². The van der Waals surface area contributed by atoms with Crippen molar-refractivity contribution in [3.05, 3.63) is 0 Å². The van der Waals surface area contributed by atoms with E-state index in [2.05, 4.69) is 5.32 Å². The summed E-state index contributed by atoms with van der Waals surface area (Å²) in [5.41, 5.74) is 5.87. The topological polar surface area (TPSA) is 92.4 Å². The van der Waals surface area contributed by atoms with Crippen LogP contribution >= 0.6 is 0 Å². The molecule has 0 aromatic rings. The first-order valence-corrected chi connectivity index (χ1v) is 6.84. The zero-order valence-electron chi connectivity index (χ0n) is 10.6. The summed E-state index contributed by atoms with van der Waals surface area (Å²) in [4.78, 5) is 22.9. The maximum Gasteiger partial charge on any atom is 0.305 e. The van der Waals surface area contributed by atoms with Gasteiger partial charge in [0.2, 0.25) is 5.91 Å². The highest BCUT2D eigenvalue weighted by Crippen LogP contribution is 2.34. The molecule has 0 aliphatic heterocycles. The third-order valence-electron chi connectivity index (χ3n) is 4.00. The fourth-order valence-electron chi connectivity index (χ4n) is 2.79. The van der Waals surface area contributed by atoms with E-state index in [0.29, 0.717) is 5.92 Å². The minimum Gasteiger partial charge on any atom is -0.481 e. The average molecular weight is 254 g/mol. The number of aliphatic carboxylic acids is 1. The normalized spacial score (nSPS) is 29.6. The number of hydrogen-bond donors (Lipinski definition) is 3. The summed E-state index contributed by atoms with van der Waals surface area (Å²) in [7, 11) is 0. The van der Waals surface area contributed by atoms with Crippen LogP contribution in [0.5, 0.6) is 0 Å². The van der Waals surface area contributed by atoms with Crippen LogP contribution in [0.15, 0.2) is 0 Å². The molecule has 18 heavy (non-hydrogen) atoms. The minimum atomic E-state index is -0.840. The Bertz CT molecular complexity index is 328. The lowest BCUT2D eigenvalue weighted by atomic mass is 9.85. The van der Waals surface area contributed by atoms with Crippen molar-refractivity contribution in [3.63, 3.8) is 0 Å². The number of rotatable bonds is 5. The first-order valence-electron chi connectivity index (χ1n) is 6.84. The van der Waals surface area contributed by atoms with Crippen LogP contribution in [0.4, 0.5) is 0 Å². The van der Waals surface area contributed by atoms with E-state index in [1.54, 1.807) is 0 Å². The van der Waals surface area contributed by atoms with Crippen LogP contribution < -0.4 is 11.1 Å². The summed E-state index contributed by atoms with van der Waals surface area (Å²) in [6.07, 6.45) is 5.69. The molecule has 0 radical (unpaired) electrons. The molecule has 0 spiro atoms. The summed E-state index contributed by atoms with van der Waals surface area (Å²) in [6, 6.07) is -0.0681. The van der Waals surface area contributed by atoms with Gasteiger partial charge in [-0.2, -0.15) is 0 Å². The Labute approximate surface area is 107 Å². The lowest BCUT2D eigenvalue weighted by molar-refractivity contribution is -0.138. The number of nitrogens with one attached hydrogen (secondary N) is 1. The number of nitrogens with two attached hydrogens (primary N) is 1. The number of carboxylic acids is 1. The van der Waals surface area contributed by atoms with Gasteiger partial charge < -0.3 is 16.2 Å². The van der Waals surface area contributed by atoms with Gasteiger partial charge >= 0.3 is 5.97 Å². The van der Waals surface area contributed by atoms with Crippen LogP contribution in [0.1, 0.15) is 44.9 Å². The van der Waals surface area contributed by atoms with Gasteiger partial charge in [0.25, 0.3) is 0 Å². The van der Waals surface area contributed by atoms with Crippen molar-refractivity contribution in [1.82, 2.24) is 5.32 Å². The van der Waals surface area contributed by atoms with E-state index >= 15 is 0 Å². The molecule has 0 aromatic carbocycles. The van der Waals surface area contributed by atoms with Crippen molar-refractivity contribution in [2.75, 3.05) is 0 Å². The zero-order chi connectivity index (χ0) is 13.1. The quantitative estimate of drug-likeness (QED) is 0.679. The molecule has 2 fully saturated rings. The second-order valence-electron chi connectivity index (χ2n) is 5.67. The molecule has 2 saturated carbocycles. The standard InChI is InChI=1S/C13H22N2O3/c14-10-3-1-2-9(6-10)13(18)15-11(7-12(16)17)8-4-5-8/h8-11H,1-7,14H2,(H,15,18)(H,16,17). The highest BCUT2D eigenvalue weighted by atomic mass is 16.4. The van der Waals surface area contributed by atoms with Gasteiger partial charge in [0, 0.05) is 18.0 Å². The van der Waals surface area contributed by atoms with Crippen LogP contribution in [0.3, 0.4) is 0 Å². The summed E-state index contributed by atoms with van der Waals surface area (Å²) >= 11 is 0. The van der Waals surface area contributed by atoms with Crippen molar-refractivity contribution >= 4 is 11.9 Å². The Kier molecular flexibility index (Phi) is 4.22. The molecule has 3 atom stereocenters. The van der Waals surface area contributed by atoms with Gasteiger partial charge in [-0.3, -0.25) is 9.59 Å². The highest BCUT2D eigenvalue weighted by Gasteiger charge is 2.35. The Morgan fingerprint density at radius 2 is 2.00 bits per heavy atom. The Hall–Kier alpha value is -1.10. The minimum absolute atomic E-state index is 0.00306. The summed E-state index contributed by atoms with van der Waals surface area (Å²) in [5.74, 6) is -0.498. The van der Waals surface area contributed by atoms with E-state index in [9.17, 15) is 9.59 Å². The highest BCUT2D eigenvalue weighted by molar-refractivity contribution is 5.80. The maximum absolute atomic E-state index is 12.1. The summed E-state index contributed by atoms with van der Waals surface area (Å²) in [6.45, 7) is 0. The fourth-order valence-corrected chi connectivity index (χ4v) is 2.79. The van der Waals surface area contributed by atoms with Crippen LogP contribution in [0.25, 0.3) is 0 Å². The molecule has 0 bridgehead atoms. The van der Waals surface area contributed by atoms with Crippen molar-refractivity contribution in [3.8, 4) is 0 Å². The second kappa shape index (κ2) is 5.69. The predicted molar refractivity (Wildman–Crippen MR) is 66.8 cm³/mol. The lowest BCUT2D eigenvalue weighted by Crippen LogP contribution is -2.44. The SMILES string of the molecule is NC1CCCC(C(=O)NC(CC(=O)O)C2CC2)C1. The van der Waals surface area contributed by atoms with Gasteiger partial charge in [-0.05, 0) is 38.0 Å². The molecule has 3 unspecified atom stereocenters. The molecule has 5 nitrogen and oxygen atoms in total. The van der Waals surface area contributed by atoms with Gasteiger partial charge in [0.1, 0.15) is 0 Å². The first-order chi connectivity index (χ1) is 8.56. The van der Waals surface area contributed by atoms with E-state index < -0.39 is 5.97 Å². The van der Waals surface area contributed by atoms with Gasteiger partial charge in [-0.1, -0.05) is 6.42 Å². The van der Waals surface area contributed by atoms with E-state index in [-0.39, 0.29) is 30.3 Å². The molecule has 5 heteroatoms. The van der Waals surface area contributed by atoms with Gasteiger partial charge in [-0.25, -0.2) is 0 Å². The molecule has 2 aliphatic rings. The second-order valence-corrected chi connectivity index (χ2v) is 5.67. The smallest absolute Gasteiger partial charge is 0.305 e. The van der Waals surface area contributed by atoms with Gasteiger partial charge in [-0.15, -0.1) is 0 Å². The van der Waals surface area contributed by atoms with Crippen molar-refractivity contribution in [2.45, 2.75) is 57.0 Å². The molecule has 0 aromatic heterocycles. The molecule has 0 saturated heterocycles. The summed E-state index contributed by atoms with van der Waals surface area (Å²) < 4.78 is 0. The van der Waals surface area contributed by atoms with Gasteiger partial charge in [0.05, 0.1) is 6.42 Å². The van der Waals surface area contributed by atoms with Crippen LogP contribution in [0.2, 0.25) is 0 Å². The Morgan fingerprint density at radius 3 is 2.56 bits per heavy atom. The maximum atomic E-state index is 12.1. The number of carbonyl (C=O) groups is 2. The Balaban J connectivity index is 1.85. The predicted octanol–water partition coefficient (Wildman–Crippen LogP) is 0.873. The number of hydrogen-bond acceptors (Lipinski definition) is 3. The molecule has 0 heterocycles. The first kappa shape index (κ1) is 13.3. The third-order valence-corrected chi connectivity index (χ3v) is 4.00. The molecule has 2 rings (SSSR count). The van der Waals surface area contributed by atoms with Crippen LogP contribution in [0, 0.1) is 11.8 Å². The molecule has 4 N–H and O–H groups in total. The van der Waals surface area contributed by atoms with Crippen LogP contribution in [-0.4, -0.2) is 29.1 Å². The van der Waals surface area contributed by atoms with Gasteiger partial charge in [0.15, 0.2) is 0 Å². The number of amides is 1. The Morgan fingerprint density at radius 1 is 1.28 bits per heavy atom. The van der Waals surface area contributed by atoms with E-state index in [1.165, 1.54) is 0 Å². The monoisotopic (exact) mass is 254 g/mol. The number of carbonyl (C=O) groups excluding carboxylic acids is 1. The number of carboxylic acid groups (broad SMARTS) is 1. The average Bonchev–Trinajstić information content (AvgIpc) is 3.11. The van der Waals surface area contributed by atoms with E-state index in [4.69, 9.17) is 10.8 Å². The van der Waals surface area contributed by atoms with E-state index in [0.717, 1.165) is 38.5 Å². The fraction of sp³-hybridized carbons (Fsp3) is 0.846. The lowest BCUT2D eigenvalue weighted by Gasteiger charge is -2.27. The zero-order valence-corrected chi connectivity index (χ0v) is 10.6. The molecule has 2 aliphatic carbocycles. The van der Waals surface area contributed by atoms with Crippen molar-refractivity contribution in [2.24, 2.45) is 17.6 Å². The van der Waals surface area contributed by atoms with E-state index in [1.807, 2.05) is 0 Å².